The molecule has 3 rings (SSSR count). The number of aryl methyl sites for hydroxylation is 3. The smallest absolute Gasteiger partial charge is 0.229 e. The van der Waals surface area contributed by atoms with E-state index in [2.05, 4.69) is 21.4 Å². The monoisotopic (exact) mass is 329 g/mol. The van der Waals surface area contributed by atoms with Crippen LogP contribution in [0.25, 0.3) is 0 Å². The first-order valence-corrected chi connectivity index (χ1v) is 8.69. The Hall–Kier alpha value is -2.11. The van der Waals surface area contributed by atoms with Gasteiger partial charge in [-0.3, -0.25) is 14.6 Å². The Morgan fingerprint density at radius 2 is 2.12 bits per heavy atom. The Morgan fingerprint density at radius 1 is 1.38 bits per heavy atom. The van der Waals surface area contributed by atoms with Crippen molar-refractivity contribution in [3.8, 4) is 0 Å². The zero-order valence-corrected chi connectivity index (χ0v) is 15.3. The van der Waals surface area contributed by atoms with E-state index in [1.807, 2.05) is 44.3 Å². The van der Waals surface area contributed by atoms with Crippen LogP contribution in [0.1, 0.15) is 59.9 Å². The van der Waals surface area contributed by atoms with E-state index >= 15 is 0 Å². The number of carbonyl (C=O) groups is 1. The summed E-state index contributed by atoms with van der Waals surface area (Å²) in [6.07, 6.45) is 2.12. The predicted molar refractivity (Wildman–Crippen MR) is 93.0 cm³/mol. The number of piperidine rings is 1. The van der Waals surface area contributed by atoms with Gasteiger partial charge in [-0.05, 0) is 46.6 Å². The van der Waals surface area contributed by atoms with Crippen molar-refractivity contribution in [2.45, 2.75) is 52.4 Å². The molecule has 2 atom stereocenters. The topological polar surface area (TPSA) is 66.8 Å². The minimum absolute atomic E-state index is 0.154. The van der Waals surface area contributed by atoms with Crippen molar-refractivity contribution < 1.29 is 4.79 Å². The Bertz CT molecular complexity index is 745. The SMILES string of the molecule is Cc1cc(C2CCCN(C(=O)C(C)c3c(C)nn(C)c3C)C2)n[nH]1. The summed E-state index contributed by atoms with van der Waals surface area (Å²) in [5, 5.41) is 11.9. The lowest BCUT2D eigenvalue weighted by molar-refractivity contribution is -0.133. The average Bonchev–Trinajstić information content (AvgIpc) is 3.10. The molecule has 2 aromatic heterocycles. The van der Waals surface area contributed by atoms with Crippen LogP contribution < -0.4 is 0 Å². The fourth-order valence-electron chi connectivity index (χ4n) is 3.88. The third kappa shape index (κ3) is 2.97. The van der Waals surface area contributed by atoms with Crippen molar-refractivity contribution in [1.82, 2.24) is 24.9 Å². The van der Waals surface area contributed by atoms with Gasteiger partial charge in [-0.2, -0.15) is 10.2 Å². The summed E-state index contributed by atoms with van der Waals surface area (Å²) in [5.74, 6) is 0.375. The number of carbonyl (C=O) groups excluding carboxylic acids is 1. The van der Waals surface area contributed by atoms with Gasteiger partial charge < -0.3 is 4.90 Å². The number of likely N-dealkylation sites (tertiary alicyclic amines) is 1. The van der Waals surface area contributed by atoms with Gasteiger partial charge in [0.1, 0.15) is 0 Å². The summed E-state index contributed by atoms with van der Waals surface area (Å²) in [7, 11) is 1.93. The summed E-state index contributed by atoms with van der Waals surface area (Å²) >= 11 is 0. The quantitative estimate of drug-likeness (QED) is 0.941. The highest BCUT2D eigenvalue weighted by atomic mass is 16.2. The van der Waals surface area contributed by atoms with E-state index in [4.69, 9.17) is 0 Å². The van der Waals surface area contributed by atoms with Crippen LogP contribution >= 0.6 is 0 Å². The Morgan fingerprint density at radius 3 is 2.71 bits per heavy atom. The average molecular weight is 329 g/mol. The minimum Gasteiger partial charge on any atom is -0.342 e. The molecule has 1 N–H and O–H groups in total. The molecule has 130 valence electrons. The van der Waals surface area contributed by atoms with Gasteiger partial charge in [-0.25, -0.2) is 0 Å². The van der Waals surface area contributed by atoms with Gasteiger partial charge in [-0.15, -0.1) is 0 Å². The lowest BCUT2D eigenvalue weighted by atomic mass is 9.92. The summed E-state index contributed by atoms with van der Waals surface area (Å²) in [4.78, 5) is 15.1. The summed E-state index contributed by atoms with van der Waals surface area (Å²) in [5.41, 5.74) is 5.24. The molecule has 6 heteroatoms. The van der Waals surface area contributed by atoms with Crippen molar-refractivity contribution in [3.05, 3.63) is 34.4 Å². The van der Waals surface area contributed by atoms with E-state index in [9.17, 15) is 4.79 Å². The van der Waals surface area contributed by atoms with E-state index in [-0.39, 0.29) is 11.8 Å². The van der Waals surface area contributed by atoms with Crippen molar-refractivity contribution >= 4 is 5.91 Å². The molecular formula is C18H27N5O. The van der Waals surface area contributed by atoms with Gasteiger partial charge in [0.25, 0.3) is 0 Å². The fraction of sp³-hybridized carbons (Fsp3) is 0.611. The number of amides is 1. The van der Waals surface area contributed by atoms with Crippen molar-refractivity contribution in [1.29, 1.82) is 0 Å². The maximum atomic E-state index is 13.1. The van der Waals surface area contributed by atoms with Crippen LogP contribution in [-0.4, -0.2) is 43.9 Å². The van der Waals surface area contributed by atoms with Crippen molar-refractivity contribution in [3.63, 3.8) is 0 Å². The highest BCUT2D eigenvalue weighted by Gasteiger charge is 2.31. The molecule has 2 aromatic rings. The number of rotatable bonds is 3. The van der Waals surface area contributed by atoms with Crippen LogP contribution in [-0.2, 0) is 11.8 Å². The highest BCUT2D eigenvalue weighted by molar-refractivity contribution is 5.84. The lowest BCUT2D eigenvalue weighted by Crippen LogP contribution is -2.41. The van der Waals surface area contributed by atoms with Crippen molar-refractivity contribution in [2.24, 2.45) is 7.05 Å². The molecule has 0 radical (unpaired) electrons. The number of aromatic nitrogens is 4. The van der Waals surface area contributed by atoms with Crippen LogP contribution in [0.4, 0.5) is 0 Å². The number of hydrogen-bond acceptors (Lipinski definition) is 3. The van der Waals surface area contributed by atoms with Gasteiger partial charge in [0, 0.05) is 43.0 Å². The first-order chi connectivity index (χ1) is 11.4. The van der Waals surface area contributed by atoms with Crippen LogP contribution in [0.5, 0.6) is 0 Å². The molecule has 3 heterocycles. The zero-order chi connectivity index (χ0) is 17.4. The van der Waals surface area contributed by atoms with Gasteiger partial charge in [0.05, 0.1) is 17.3 Å². The van der Waals surface area contributed by atoms with Gasteiger partial charge in [-0.1, -0.05) is 0 Å². The fourth-order valence-corrected chi connectivity index (χ4v) is 3.88. The first-order valence-electron chi connectivity index (χ1n) is 8.69. The maximum absolute atomic E-state index is 13.1. The van der Waals surface area contributed by atoms with E-state index in [1.54, 1.807) is 0 Å². The summed E-state index contributed by atoms with van der Waals surface area (Å²) in [6.45, 7) is 9.62. The van der Waals surface area contributed by atoms with Crippen LogP contribution in [0, 0.1) is 20.8 Å². The second-order valence-electron chi connectivity index (χ2n) is 7.03. The van der Waals surface area contributed by atoms with Crippen LogP contribution in [0.3, 0.4) is 0 Å². The molecule has 1 aliphatic heterocycles. The molecule has 0 bridgehead atoms. The molecule has 24 heavy (non-hydrogen) atoms. The molecule has 0 saturated carbocycles. The number of aromatic amines is 1. The second-order valence-corrected chi connectivity index (χ2v) is 7.03. The second kappa shape index (κ2) is 6.42. The minimum atomic E-state index is -0.154. The third-order valence-electron chi connectivity index (χ3n) is 5.25. The van der Waals surface area contributed by atoms with E-state index in [0.29, 0.717) is 5.92 Å². The molecule has 6 nitrogen and oxygen atoms in total. The highest BCUT2D eigenvalue weighted by Crippen LogP contribution is 2.30. The van der Waals surface area contributed by atoms with Crippen LogP contribution in [0.2, 0.25) is 0 Å². The Kier molecular flexibility index (Phi) is 4.47. The standard InChI is InChI=1S/C18H27N5O/c1-11-9-16(20-19-11)15-7-6-8-23(10-15)18(24)12(2)17-13(3)21-22(5)14(17)4/h9,12,15H,6-8,10H2,1-5H3,(H,19,20). The third-order valence-corrected chi connectivity index (χ3v) is 5.25. The molecule has 0 aliphatic carbocycles. The lowest BCUT2D eigenvalue weighted by Gasteiger charge is -2.33. The molecular weight excluding hydrogens is 302 g/mol. The molecule has 1 fully saturated rings. The van der Waals surface area contributed by atoms with E-state index < -0.39 is 0 Å². The normalized spacial score (nSPS) is 19.5. The van der Waals surface area contributed by atoms with E-state index in [0.717, 1.165) is 54.3 Å². The van der Waals surface area contributed by atoms with Gasteiger partial charge >= 0.3 is 0 Å². The predicted octanol–water partition coefficient (Wildman–Crippen LogP) is 2.58. The van der Waals surface area contributed by atoms with Crippen LogP contribution in [0.15, 0.2) is 6.07 Å². The largest absolute Gasteiger partial charge is 0.342 e. The summed E-state index contributed by atoms with van der Waals surface area (Å²) in [6, 6.07) is 2.09. The Balaban J connectivity index is 1.76. The van der Waals surface area contributed by atoms with Crippen molar-refractivity contribution in [2.75, 3.05) is 13.1 Å². The van der Waals surface area contributed by atoms with Gasteiger partial charge in [0.15, 0.2) is 0 Å². The number of hydrogen-bond donors (Lipinski definition) is 1. The molecule has 0 spiro atoms. The first kappa shape index (κ1) is 16.7. The van der Waals surface area contributed by atoms with Gasteiger partial charge in [0.2, 0.25) is 5.91 Å². The molecule has 1 amide bonds. The number of nitrogens with one attached hydrogen (secondary N) is 1. The number of H-pyrrole nitrogens is 1. The molecule has 0 aromatic carbocycles. The van der Waals surface area contributed by atoms with E-state index in [1.165, 1.54) is 0 Å². The zero-order valence-electron chi connectivity index (χ0n) is 15.3. The summed E-state index contributed by atoms with van der Waals surface area (Å²) < 4.78 is 1.86. The molecule has 1 saturated heterocycles. The molecule has 1 aliphatic rings. The number of nitrogens with zero attached hydrogens (tertiary/aromatic N) is 4. The Labute approximate surface area is 143 Å². The maximum Gasteiger partial charge on any atom is 0.229 e. The molecule has 2 unspecified atom stereocenters.